The Kier molecular flexibility index (Phi) is 4.13. The van der Waals surface area contributed by atoms with E-state index < -0.39 is 6.43 Å². The molecule has 1 rings (SSSR count). The molecule has 1 aliphatic carbocycles. The maximum absolute atomic E-state index is 11.7. The van der Waals surface area contributed by atoms with Crippen LogP contribution < -0.4 is 5.73 Å². The van der Waals surface area contributed by atoms with Gasteiger partial charge in [-0.3, -0.25) is 0 Å². The lowest BCUT2D eigenvalue weighted by atomic mass is 9.75. The van der Waals surface area contributed by atoms with Crippen molar-refractivity contribution in [2.75, 3.05) is 6.54 Å². The second-order valence-electron chi connectivity index (χ2n) is 2.67. The normalized spacial score (nSPS) is 31.2. The Morgan fingerprint density at radius 3 is 2.20 bits per heavy atom. The second-order valence-corrected chi connectivity index (χ2v) is 2.67. The minimum Gasteiger partial charge on any atom is -0.330 e. The summed E-state index contributed by atoms with van der Waals surface area (Å²) >= 11 is 0. The van der Waals surface area contributed by atoms with Crippen LogP contribution in [0.25, 0.3) is 0 Å². The van der Waals surface area contributed by atoms with E-state index in [9.17, 15) is 8.78 Å². The number of nitrogens with two attached hydrogens (primary N) is 1. The van der Waals surface area contributed by atoms with Crippen molar-refractivity contribution in [3.05, 3.63) is 0 Å². The molecule has 0 aromatic carbocycles. The van der Waals surface area contributed by atoms with Crippen molar-refractivity contribution in [1.29, 1.82) is 0 Å². The van der Waals surface area contributed by atoms with E-state index in [4.69, 9.17) is 5.73 Å². The minimum absolute atomic E-state index is 0. The van der Waals surface area contributed by atoms with Crippen LogP contribution >= 0.6 is 12.4 Å². The van der Waals surface area contributed by atoms with E-state index in [1.807, 2.05) is 0 Å². The summed E-state index contributed by atoms with van der Waals surface area (Å²) in [5.41, 5.74) is 5.25. The molecule has 0 aromatic rings. The van der Waals surface area contributed by atoms with Crippen LogP contribution in [0, 0.1) is 11.8 Å². The first-order chi connectivity index (χ1) is 4.24. The summed E-state index contributed by atoms with van der Waals surface area (Å²) in [7, 11) is 0. The lowest BCUT2D eigenvalue weighted by Gasteiger charge is -2.33. The van der Waals surface area contributed by atoms with E-state index in [1.54, 1.807) is 0 Å². The number of hydrogen-bond donors (Lipinski definition) is 1. The van der Waals surface area contributed by atoms with Gasteiger partial charge in [0.25, 0.3) is 0 Å². The molecule has 0 atom stereocenters. The van der Waals surface area contributed by atoms with Crippen LogP contribution in [-0.4, -0.2) is 13.0 Å². The van der Waals surface area contributed by atoms with Crippen molar-refractivity contribution in [3.8, 4) is 0 Å². The van der Waals surface area contributed by atoms with Crippen molar-refractivity contribution in [2.45, 2.75) is 19.3 Å². The van der Waals surface area contributed by atoms with Gasteiger partial charge < -0.3 is 5.73 Å². The first-order valence-corrected chi connectivity index (χ1v) is 3.22. The Bertz CT molecular complexity index is 93.7. The molecule has 1 fully saturated rings. The molecule has 4 heteroatoms. The highest BCUT2D eigenvalue weighted by molar-refractivity contribution is 5.85. The topological polar surface area (TPSA) is 26.0 Å². The van der Waals surface area contributed by atoms with Gasteiger partial charge in [-0.1, -0.05) is 0 Å². The van der Waals surface area contributed by atoms with E-state index >= 15 is 0 Å². The smallest absolute Gasteiger partial charge is 0.241 e. The molecular weight excluding hydrogens is 160 g/mol. The van der Waals surface area contributed by atoms with Crippen LogP contribution in [0.3, 0.4) is 0 Å². The van der Waals surface area contributed by atoms with E-state index in [1.165, 1.54) is 0 Å². The van der Waals surface area contributed by atoms with Crippen molar-refractivity contribution >= 4 is 12.4 Å². The van der Waals surface area contributed by atoms with Gasteiger partial charge in [-0.25, -0.2) is 8.78 Å². The SMILES string of the molecule is Cl.NCC1CC(C(F)F)C1. The molecule has 10 heavy (non-hydrogen) atoms. The fourth-order valence-electron chi connectivity index (χ4n) is 1.19. The van der Waals surface area contributed by atoms with Crippen LogP contribution in [0.1, 0.15) is 12.8 Å². The van der Waals surface area contributed by atoms with Crippen LogP contribution in [-0.2, 0) is 0 Å². The third-order valence-electron chi connectivity index (χ3n) is 1.96. The fourth-order valence-corrected chi connectivity index (χ4v) is 1.19. The predicted molar refractivity (Wildman–Crippen MR) is 38.5 cm³/mol. The first-order valence-electron chi connectivity index (χ1n) is 3.22. The average Bonchev–Trinajstić information content (AvgIpc) is 1.61. The highest BCUT2D eigenvalue weighted by Gasteiger charge is 2.34. The fraction of sp³-hybridized carbons (Fsp3) is 1.00. The number of alkyl halides is 2. The maximum atomic E-state index is 11.7. The Morgan fingerprint density at radius 1 is 1.40 bits per heavy atom. The lowest BCUT2D eigenvalue weighted by Crippen LogP contribution is -2.33. The second kappa shape index (κ2) is 4.09. The lowest BCUT2D eigenvalue weighted by molar-refractivity contribution is 0.00530. The number of halogens is 3. The maximum Gasteiger partial charge on any atom is 0.241 e. The molecule has 0 radical (unpaired) electrons. The molecule has 0 aliphatic heterocycles. The predicted octanol–water partition coefficient (Wildman–Crippen LogP) is 1.66. The van der Waals surface area contributed by atoms with Gasteiger partial charge in [-0.2, -0.15) is 0 Å². The molecule has 0 heterocycles. The zero-order valence-electron chi connectivity index (χ0n) is 5.59. The molecule has 0 aromatic heterocycles. The van der Waals surface area contributed by atoms with E-state index in [2.05, 4.69) is 0 Å². The highest BCUT2D eigenvalue weighted by Crippen LogP contribution is 2.36. The Hall–Kier alpha value is 0.110. The van der Waals surface area contributed by atoms with E-state index in [0.717, 1.165) is 0 Å². The molecule has 1 saturated carbocycles. The summed E-state index contributed by atoms with van der Waals surface area (Å²) in [6, 6.07) is 0. The summed E-state index contributed by atoms with van der Waals surface area (Å²) in [5.74, 6) is 0.0301. The van der Waals surface area contributed by atoms with Crippen LogP contribution in [0.5, 0.6) is 0 Å². The molecule has 1 aliphatic rings. The summed E-state index contributed by atoms with van der Waals surface area (Å²) in [6.45, 7) is 0.573. The zero-order valence-corrected chi connectivity index (χ0v) is 6.41. The molecule has 0 amide bonds. The number of hydrogen-bond acceptors (Lipinski definition) is 1. The van der Waals surface area contributed by atoms with Gasteiger partial charge in [0.1, 0.15) is 0 Å². The van der Waals surface area contributed by atoms with Gasteiger partial charge in [-0.15, -0.1) is 12.4 Å². The Labute approximate surface area is 65.4 Å². The third kappa shape index (κ3) is 2.06. The van der Waals surface area contributed by atoms with Crippen molar-refractivity contribution in [1.82, 2.24) is 0 Å². The molecule has 0 spiro atoms. The highest BCUT2D eigenvalue weighted by atomic mass is 35.5. The molecule has 0 saturated heterocycles. The van der Waals surface area contributed by atoms with Gasteiger partial charge >= 0.3 is 0 Å². The van der Waals surface area contributed by atoms with Crippen LogP contribution in [0.2, 0.25) is 0 Å². The van der Waals surface area contributed by atoms with Gasteiger partial charge in [0, 0.05) is 5.92 Å². The van der Waals surface area contributed by atoms with Crippen LogP contribution in [0.15, 0.2) is 0 Å². The van der Waals surface area contributed by atoms with Gasteiger partial charge in [0.2, 0.25) is 6.43 Å². The summed E-state index contributed by atoms with van der Waals surface area (Å²) in [4.78, 5) is 0. The van der Waals surface area contributed by atoms with Gasteiger partial charge in [0.05, 0.1) is 0 Å². The van der Waals surface area contributed by atoms with Crippen LogP contribution in [0.4, 0.5) is 8.78 Å². The third-order valence-corrected chi connectivity index (χ3v) is 1.96. The standard InChI is InChI=1S/C6H11F2N.ClH/c7-6(8)5-1-4(2-5)3-9;/h4-6H,1-3,9H2;1H. The summed E-state index contributed by atoms with van der Waals surface area (Å²) in [5, 5.41) is 0. The Morgan fingerprint density at radius 2 is 1.90 bits per heavy atom. The molecule has 2 N–H and O–H groups in total. The quantitative estimate of drug-likeness (QED) is 0.672. The zero-order chi connectivity index (χ0) is 6.85. The molecule has 1 nitrogen and oxygen atoms in total. The van der Waals surface area contributed by atoms with Crippen molar-refractivity contribution in [3.63, 3.8) is 0 Å². The summed E-state index contributed by atoms with van der Waals surface area (Å²) in [6.07, 6.45) is -0.852. The molecule has 62 valence electrons. The summed E-state index contributed by atoms with van der Waals surface area (Å²) < 4.78 is 23.5. The molecule has 0 bridgehead atoms. The monoisotopic (exact) mass is 171 g/mol. The minimum atomic E-state index is -2.12. The van der Waals surface area contributed by atoms with Gasteiger partial charge in [-0.05, 0) is 25.3 Å². The van der Waals surface area contributed by atoms with E-state index in [0.29, 0.717) is 25.3 Å². The molecular formula is C6H12ClF2N. The van der Waals surface area contributed by atoms with Gasteiger partial charge in [0.15, 0.2) is 0 Å². The number of rotatable bonds is 2. The molecule has 0 unspecified atom stereocenters. The first kappa shape index (κ1) is 10.1. The average molecular weight is 172 g/mol. The van der Waals surface area contributed by atoms with Crippen molar-refractivity contribution < 1.29 is 8.78 Å². The Balaban J connectivity index is 0.000000810. The van der Waals surface area contributed by atoms with Crippen molar-refractivity contribution in [2.24, 2.45) is 17.6 Å². The van der Waals surface area contributed by atoms with E-state index in [-0.39, 0.29) is 18.3 Å². The largest absolute Gasteiger partial charge is 0.330 e.